The summed E-state index contributed by atoms with van der Waals surface area (Å²) < 4.78 is 40.5. The fourth-order valence-corrected chi connectivity index (χ4v) is 6.51. The fraction of sp³-hybridized carbons (Fsp3) is 0.895. The second-order valence-electron chi connectivity index (χ2n) is 7.90. The van der Waals surface area contributed by atoms with E-state index in [1.165, 1.54) is 0 Å². The summed E-state index contributed by atoms with van der Waals surface area (Å²) in [7, 11) is -5.08. The minimum absolute atomic E-state index is 0. The molecule has 1 spiro atoms. The number of carbonyl (C=O) groups excluding carboxylic acids is 2. The quantitative estimate of drug-likeness (QED) is 0.140. The van der Waals surface area contributed by atoms with Gasteiger partial charge in [0.15, 0.2) is 0 Å². The van der Waals surface area contributed by atoms with E-state index in [1.54, 1.807) is 6.92 Å². The molecule has 3 unspecified atom stereocenters. The van der Waals surface area contributed by atoms with Crippen molar-refractivity contribution in [2.24, 2.45) is 5.92 Å². The average molecular weight is 427 g/mol. The number of quaternary nitrogens is 1. The number of nitrogens with zero attached hydrogens (tertiary/aromatic N) is 1. The smallest absolute Gasteiger partial charge is 0.747 e. The number of amides is 1. The number of esters is 1. The first-order chi connectivity index (χ1) is 12.7. The molecule has 2 aliphatic heterocycles. The van der Waals surface area contributed by atoms with Gasteiger partial charge < -0.3 is 9.29 Å². The minimum atomic E-state index is -5.08. The van der Waals surface area contributed by atoms with Gasteiger partial charge in [-0.3, -0.25) is 0 Å². The van der Waals surface area contributed by atoms with Gasteiger partial charge in [-0.1, -0.05) is 59.8 Å². The summed E-state index contributed by atoms with van der Waals surface area (Å²) in [4.78, 5) is 25.8. The zero-order chi connectivity index (χ0) is 20.5. The molecule has 2 saturated heterocycles. The van der Waals surface area contributed by atoms with Crippen molar-refractivity contribution in [1.82, 2.24) is 0 Å². The number of unbranched alkanes of at least 4 members (excludes halogenated alkanes) is 3. The minimum Gasteiger partial charge on any atom is -0.747 e. The van der Waals surface area contributed by atoms with Crippen molar-refractivity contribution < 1.29 is 61.3 Å². The maximum absolute atomic E-state index is 13.1. The maximum Gasteiger partial charge on any atom is 1.00 e. The first-order valence-corrected chi connectivity index (χ1v) is 11.7. The topological polar surface area (TPSA) is 101 Å². The van der Waals surface area contributed by atoms with E-state index in [0.29, 0.717) is 45.2 Å². The molecule has 0 aromatic carbocycles. The van der Waals surface area contributed by atoms with Crippen molar-refractivity contribution in [2.45, 2.75) is 89.5 Å². The molecule has 2 aliphatic rings. The van der Waals surface area contributed by atoms with Gasteiger partial charge in [0.25, 0.3) is 4.75 Å². The Labute approximate surface area is 191 Å². The van der Waals surface area contributed by atoms with E-state index in [-0.39, 0.29) is 34.0 Å². The third kappa shape index (κ3) is 3.32. The van der Waals surface area contributed by atoms with E-state index in [0.717, 1.165) is 19.3 Å². The van der Waals surface area contributed by atoms with Crippen LogP contribution in [0.3, 0.4) is 0 Å². The molecule has 1 amide bonds. The normalized spacial score (nSPS) is 29.0. The van der Waals surface area contributed by atoms with Gasteiger partial charge in [-0.05, 0) is 25.2 Å². The third-order valence-corrected chi connectivity index (χ3v) is 8.00. The van der Waals surface area contributed by atoms with Gasteiger partial charge in [-0.15, -0.1) is 0 Å². The summed E-state index contributed by atoms with van der Waals surface area (Å²) in [6.07, 6.45) is 5.32. The van der Waals surface area contributed by atoms with Crippen LogP contribution in [0.5, 0.6) is 0 Å². The second kappa shape index (κ2) is 9.43. The summed E-state index contributed by atoms with van der Waals surface area (Å²) in [6.45, 7) is 8.51. The Morgan fingerprint density at radius 1 is 1.00 bits per heavy atom. The zero-order valence-corrected chi connectivity index (χ0v) is 20.8. The van der Waals surface area contributed by atoms with E-state index in [1.807, 2.05) is 20.8 Å². The molecule has 156 valence electrons. The van der Waals surface area contributed by atoms with Gasteiger partial charge in [0.2, 0.25) is 0 Å². The molecule has 3 atom stereocenters. The van der Waals surface area contributed by atoms with E-state index in [2.05, 4.69) is 0 Å². The number of rotatable bonds is 12. The summed E-state index contributed by atoms with van der Waals surface area (Å²) in [5.74, 6) is -2.13. The van der Waals surface area contributed by atoms with E-state index >= 15 is 0 Å². The van der Waals surface area contributed by atoms with Crippen molar-refractivity contribution in [3.05, 3.63) is 0 Å². The molecule has 28 heavy (non-hydrogen) atoms. The molecular weight excluding hydrogens is 393 g/mol. The number of hydrogen-bond acceptors (Lipinski definition) is 6. The van der Waals surface area contributed by atoms with Crippen LogP contribution in [-0.2, 0) is 24.4 Å². The van der Waals surface area contributed by atoms with Crippen LogP contribution in [-0.4, -0.2) is 52.9 Å². The van der Waals surface area contributed by atoms with E-state index in [9.17, 15) is 22.6 Å². The largest absolute Gasteiger partial charge is 1.00 e. The van der Waals surface area contributed by atoms with Crippen molar-refractivity contribution in [3.8, 4) is 0 Å². The number of hydrogen-bond donors (Lipinski definition) is 0. The van der Waals surface area contributed by atoms with Crippen LogP contribution in [0.4, 0.5) is 0 Å². The van der Waals surface area contributed by atoms with Crippen LogP contribution < -0.4 is 29.6 Å². The molecule has 9 heteroatoms. The Morgan fingerprint density at radius 2 is 1.50 bits per heavy atom. The first-order valence-electron chi connectivity index (χ1n) is 10.3. The summed E-state index contributed by atoms with van der Waals surface area (Å²) >= 11 is 0. The van der Waals surface area contributed by atoms with Gasteiger partial charge in [-0.25, -0.2) is 22.5 Å². The summed E-state index contributed by atoms with van der Waals surface area (Å²) in [5.41, 5.74) is -1.82. The molecule has 0 N–H and O–H groups in total. The average Bonchev–Trinajstić information content (AvgIpc) is 3.13. The molecule has 2 heterocycles. The Bertz CT molecular complexity index is 689. The Morgan fingerprint density at radius 3 is 1.86 bits per heavy atom. The van der Waals surface area contributed by atoms with Crippen LogP contribution in [0.1, 0.15) is 79.1 Å². The third-order valence-electron chi connectivity index (χ3n) is 6.43. The van der Waals surface area contributed by atoms with Crippen molar-refractivity contribution >= 4 is 22.0 Å². The SMILES string of the molecule is CCCCC(CC)C1(S(=O)(=O)[O-])C(=O)OC12C(=O)[N+]2(CCCC)CCCC.[Na+]. The van der Waals surface area contributed by atoms with Gasteiger partial charge in [-0.2, -0.15) is 0 Å². The Kier molecular flexibility index (Phi) is 8.78. The van der Waals surface area contributed by atoms with Crippen LogP contribution in [0, 0.1) is 5.92 Å². The predicted molar refractivity (Wildman–Crippen MR) is 99.4 cm³/mol. The zero-order valence-electron chi connectivity index (χ0n) is 18.0. The van der Waals surface area contributed by atoms with Crippen LogP contribution in [0.2, 0.25) is 0 Å². The molecule has 0 aromatic heterocycles. The van der Waals surface area contributed by atoms with Crippen molar-refractivity contribution in [3.63, 3.8) is 0 Å². The summed E-state index contributed by atoms with van der Waals surface area (Å²) in [6, 6.07) is 0. The molecule has 2 rings (SSSR count). The van der Waals surface area contributed by atoms with Crippen LogP contribution in [0.15, 0.2) is 0 Å². The molecule has 0 bridgehead atoms. The molecule has 0 aliphatic carbocycles. The van der Waals surface area contributed by atoms with E-state index < -0.39 is 38.4 Å². The van der Waals surface area contributed by atoms with Gasteiger partial charge in [0, 0.05) is 0 Å². The summed E-state index contributed by atoms with van der Waals surface area (Å²) in [5, 5.41) is 0. The predicted octanol–water partition coefficient (Wildman–Crippen LogP) is -0.299. The van der Waals surface area contributed by atoms with Gasteiger partial charge >= 0.3 is 47.2 Å². The van der Waals surface area contributed by atoms with E-state index in [4.69, 9.17) is 4.74 Å². The number of carbonyl (C=O) groups is 2. The Hall–Kier alpha value is 0.01000. The first kappa shape index (κ1) is 26.0. The van der Waals surface area contributed by atoms with Crippen molar-refractivity contribution in [1.29, 1.82) is 0 Å². The fourth-order valence-electron chi connectivity index (χ4n) is 4.93. The Balaban J connectivity index is 0.00000392. The molecule has 0 aromatic rings. The molecule has 7 nitrogen and oxygen atoms in total. The monoisotopic (exact) mass is 426 g/mol. The van der Waals surface area contributed by atoms with Crippen molar-refractivity contribution in [2.75, 3.05) is 13.1 Å². The van der Waals surface area contributed by atoms with Crippen LogP contribution in [0.25, 0.3) is 0 Å². The molecule has 0 saturated carbocycles. The molecule has 0 radical (unpaired) electrons. The number of ether oxygens (including phenoxy) is 1. The van der Waals surface area contributed by atoms with Crippen LogP contribution >= 0.6 is 0 Å². The van der Waals surface area contributed by atoms with Gasteiger partial charge in [0.05, 0.1) is 13.1 Å². The maximum atomic E-state index is 13.1. The standard InChI is InChI=1S/C19H33NO6S.Na/c1-5-9-12-15(8-4)18(27(23,24)25)17(22)26-19(18)16(21)20(19,13-10-6-2)14-11-7-3;/h15H,5-14H2,1-4H3;/q;+1. The molecule has 2 fully saturated rings. The second-order valence-corrected chi connectivity index (χ2v) is 9.45. The molecular formula is C19H33NNaO6S+. The van der Waals surface area contributed by atoms with Gasteiger partial charge in [0.1, 0.15) is 10.1 Å².